The zero-order chi connectivity index (χ0) is 47.7. The Morgan fingerprint density at radius 2 is 0.894 bits per heavy atom. The summed E-state index contributed by atoms with van der Waals surface area (Å²) in [6.45, 7) is 36.7. The van der Waals surface area contributed by atoms with Crippen LogP contribution in [-0.4, -0.2) is 36.3 Å². The van der Waals surface area contributed by atoms with E-state index in [1.807, 2.05) is 115 Å². The van der Waals surface area contributed by atoms with Crippen LogP contribution in [0.15, 0.2) is 121 Å². The standard InChI is InChI=1S/C21H17N.C20H15N.2C3H9N.6C2H6.2CH4.Y/c1-2-22-20-10-6-5-9-17(20)18-12-11-16-15-8-4-3-7-14(15)13-19(16)21(18)22;1-2-21-19-14-7-6-11-17(19)18-13-8-12-16(20(18)21)15-9-4-3-5-10-15;2*1-3-4-2;6*1-2;;;/h3-12H,2,13H2,1H3;3-9,11,13-14H,2H2,1H3;2*4H,3H2,1-2H3;6*1-2H3;2*1H4;/q;-2;;;;;;;;;;;. The summed E-state index contributed by atoms with van der Waals surface area (Å²) in [5.41, 5.74) is 13.3. The molecule has 0 fully saturated rings. The van der Waals surface area contributed by atoms with Gasteiger partial charge in [-0.25, -0.2) is 11.1 Å². The summed E-state index contributed by atoms with van der Waals surface area (Å²) in [7, 11) is 3.86. The molecule has 0 atom stereocenters. The van der Waals surface area contributed by atoms with Gasteiger partial charge in [0.25, 0.3) is 0 Å². The van der Waals surface area contributed by atoms with Crippen LogP contribution in [-0.2, 0) is 52.2 Å². The molecule has 1 aliphatic rings. The Bertz CT molecular complexity index is 2360. The molecular formula is C61H94N4Y-2. The van der Waals surface area contributed by atoms with E-state index in [0.29, 0.717) is 0 Å². The van der Waals surface area contributed by atoms with Crippen LogP contribution >= 0.6 is 0 Å². The van der Waals surface area contributed by atoms with E-state index in [-0.39, 0.29) is 47.6 Å². The Kier molecular flexibility index (Phi) is 42.7. The number of aryl methyl sites for hydroxylation is 2. The molecule has 0 saturated heterocycles. The molecule has 9 rings (SSSR count). The number of hydrogen-bond donors (Lipinski definition) is 2. The normalized spacial score (nSPS) is 9.30. The van der Waals surface area contributed by atoms with Gasteiger partial charge in [0.05, 0.1) is 5.52 Å². The Balaban J connectivity index is -0.000000408. The van der Waals surface area contributed by atoms with Crippen molar-refractivity contribution in [1.82, 2.24) is 19.8 Å². The summed E-state index contributed by atoms with van der Waals surface area (Å²) in [6, 6.07) is 49.8. The quantitative estimate of drug-likeness (QED) is 0.169. The fraction of sp³-hybridized carbons (Fsp3) is 0.410. The third-order valence-corrected chi connectivity index (χ3v) is 9.75. The minimum atomic E-state index is 0. The van der Waals surface area contributed by atoms with Gasteiger partial charge in [-0.1, -0.05) is 195 Å². The summed E-state index contributed by atoms with van der Waals surface area (Å²) in [5, 5.41) is 11.2. The van der Waals surface area contributed by atoms with Crippen LogP contribution < -0.4 is 10.6 Å². The molecule has 2 heterocycles. The molecular weight excluding hydrogens is 878 g/mol. The molecule has 0 spiro atoms. The van der Waals surface area contributed by atoms with Gasteiger partial charge in [-0.05, 0) is 80.8 Å². The molecule has 1 radical (unpaired) electrons. The van der Waals surface area contributed by atoms with E-state index in [0.717, 1.165) is 43.7 Å². The number of benzene rings is 6. The largest absolute Gasteiger partial charge is 0.390 e. The molecule has 8 aromatic rings. The van der Waals surface area contributed by atoms with Gasteiger partial charge in [0, 0.05) is 74.0 Å². The number of nitrogens with zero attached hydrogens (tertiary/aromatic N) is 2. The topological polar surface area (TPSA) is 33.9 Å². The smallest absolute Gasteiger partial charge is 0.0533 e. The van der Waals surface area contributed by atoms with Crippen molar-refractivity contribution >= 4 is 43.6 Å². The first-order valence-corrected chi connectivity index (χ1v) is 24.4. The molecule has 66 heavy (non-hydrogen) atoms. The van der Waals surface area contributed by atoms with Crippen molar-refractivity contribution in [3.05, 3.63) is 145 Å². The maximum atomic E-state index is 3.41. The van der Waals surface area contributed by atoms with Gasteiger partial charge < -0.3 is 19.8 Å². The monoisotopic (exact) mass is 972 g/mol. The van der Waals surface area contributed by atoms with Crippen molar-refractivity contribution in [2.24, 2.45) is 0 Å². The summed E-state index contributed by atoms with van der Waals surface area (Å²) >= 11 is 0. The summed E-state index contributed by atoms with van der Waals surface area (Å²) in [4.78, 5) is 0. The van der Waals surface area contributed by atoms with Crippen LogP contribution in [0.1, 0.15) is 137 Å². The fourth-order valence-corrected chi connectivity index (χ4v) is 7.23. The van der Waals surface area contributed by atoms with Gasteiger partial charge >= 0.3 is 0 Å². The van der Waals surface area contributed by atoms with E-state index in [4.69, 9.17) is 0 Å². The first-order valence-electron chi connectivity index (χ1n) is 24.4. The average Bonchev–Trinajstić information content (AvgIpc) is 4.06. The van der Waals surface area contributed by atoms with Crippen molar-refractivity contribution in [2.75, 3.05) is 27.2 Å². The van der Waals surface area contributed by atoms with Crippen molar-refractivity contribution in [3.8, 4) is 22.3 Å². The number of aromatic nitrogens is 2. The van der Waals surface area contributed by atoms with E-state index in [1.165, 1.54) is 65.9 Å². The fourth-order valence-electron chi connectivity index (χ4n) is 7.23. The Labute approximate surface area is 432 Å². The van der Waals surface area contributed by atoms with Gasteiger partial charge in [-0.3, -0.25) is 0 Å². The molecule has 1 aliphatic carbocycles. The van der Waals surface area contributed by atoms with Gasteiger partial charge in [-0.15, -0.1) is 12.1 Å². The minimum Gasteiger partial charge on any atom is -0.390 e. The minimum absolute atomic E-state index is 0. The average molecular weight is 972 g/mol. The molecule has 4 nitrogen and oxygen atoms in total. The molecule has 2 N–H and O–H groups in total. The van der Waals surface area contributed by atoms with Crippen LogP contribution in [0, 0.1) is 12.1 Å². The molecule has 5 heteroatoms. The van der Waals surface area contributed by atoms with Gasteiger partial charge in [0.2, 0.25) is 0 Å². The summed E-state index contributed by atoms with van der Waals surface area (Å²) in [5.74, 6) is 0. The Morgan fingerprint density at radius 3 is 1.36 bits per heavy atom. The van der Waals surface area contributed by atoms with E-state index >= 15 is 0 Å². The Morgan fingerprint density at radius 1 is 0.455 bits per heavy atom. The van der Waals surface area contributed by atoms with Gasteiger partial charge in [0.15, 0.2) is 0 Å². The molecule has 363 valence electrons. The molecule has 0 saturated carbocycles. The third kappa shape index (κ3) is 17.2. The number of hydrogen-bond acceptors (Lipinski definition) is 2. The first kappa shape index (κ1) is 68.5. The maximum Gasteiger partial charge on any atom is 0.0533 e. The zero-order valence-electron chi connectivity index (χ0n) is 43.6. The third-order valence-electron chi connectivity index (χ3n) is 9.75. The summed E-state index contributed by atoms with van der Waals surface area (Å²) < 4.78 is 4.85. The van der Waals surface area contributed by atoms with Crippen LogP contribution in [0.5, 0.6) is 0 Å². The van der Waals surface area contributed by atoms with Crippen LogP contribution in [0.4, 0.5) is 0 Å². The number of rotatable bonds is 5. The predicted octanol–water partition coefficient (Wildman–Crippen LogP) is 18.3. The van der Waals surface area contributed by atoms with Gasteiger partial charge in [0.1, 0.15) is 0 Å². The van der Waals surface area contributed by atoms with Crippen LogP contribution in [0.3, 0.4) is 0 Å². The van der Waals surface area contributed by atoms with E-state index in [2.05, 4.69) is 163 Å². The van der Waals surface area contributed by atoms with E-state index < -0.39 is 0 Å². The van der Waals surface area contributed by atoms with Crippen molar-refractivity contribution < 1.29 is 32.7 Å². The van der Waals surface area contributed by atoms with Gasteiger partial charge in [-0.2, -0.15) is 36.4 Å². The molecule has 0 bridgehead atoms. The number of para-hydroxylation sites is 2. The second kappa shape index (κ2) is 41.2. The molecule has 0 unspecified atom stereocenters. The molecule has 2 aromatic heterocycles. The molecule has 6 aromatic carbocycles. The zero-order valence-corrected chi connectivity index (χ0v) is 46.4. The predicted molar refractivity (Wildman–Crippen MR) is 302 cm³/mol. The maximum absolute atomic E-state index is 3.41. The first-order chi connectivity index (χ1) is 31.1. The number of fused-ring (bicyclic) bond motifs is 10. The summed E-state index contributed by atoms with van der Waals surface area (Å²) in [6.07, 6.45) is 1.05. The molecule has 0 amide bonds. The SMILES string of the molecule is C.C.CC.CC.CC.CC.CC.CC.CCNC.CCNC.CCn1c2ccccc2c2cc[c-]c(-c3[c-]cccc3)c21.CCn1c2ccccc2c2ccc3c(c21)Cc1ccccc1-3.[Y]. The van der Waals surface area contributed by atoms with Crippen molar-refractivity contribution in [1.29, 1.82) is 0 Å². The second-order valence-electron chi connectivity index (χ2n) is 12.6. The van der Waals surface area contributed by atoms with E-state index in [9.17, 15) is 0 Å². The van der Waals surface area contributed by atoms with Crippen molar-refractivity contribution in [3.63, 3.8) is 0 Å². The van der Waals surface area contributed by atoms with E-state index in [1.54, 1.807) is 0 Å². The molecule has 0 aliphatic heterocycles. The second-order valence-corrected chi connectivity index (χ2v) is 12.6. The Hall–Kier alpha value is -4.06. The number of nitrogens with one attached hydrogen (secondary N) is 2. The van der Waals surface area contributed by atoms with Crippen LogP contribution in [0.25, 0.3) is 65.9 Å². The van der Waals surface area contributed by atoms with Crippen molar-refractivity contribution in [2.45, 2.75) is 145 Å². The van der Waals surface area contributed by atoms with Crippen LogP contribution in [0.2, 0.25) is 0 Å².